The fraction of sp³-hybridized carbons (Fsp3) is 0.185. The van der Waals surface area contributed by atoms with Crippen molar-refractivity contribution < 1.29 is 4.39 Å². The first kappa shape index (κ1) is 22.1. The van der Waals surface area contributed by atoms with E-state index >= 15 is 0 Å². The Balaban J connectivity index is 1.44. The van der Waals surface area contributed by atoms with Gasteiger partial charge in [-0.05, 0) is 67.2 Å². The lowest BCUT2D eigenvalue weighted by Crippen LogP contribution is -2.32. The molecule has 1 aliphatic rings. The number of nitrogens with one attached hydrogen (secondary N) is 2. The predicted octanol–water partition coefficient (Wildman–Crippen LogP) is 5.49. The van der Waals surface area contributed by atoms with E-state index in [2.05, 4.69) is 32.7 Å². The molecule has 4 aromatic rings. The minimum absolute atomic E-state index is 0.131. The molecule has 0 bridgehead atoms. The summed E-state index contributed by atoms with van der Waals surface area (Å²) in [6.45, 7) is 1.57. The second kappa shape index (κ2) is 10.1. The maximum Gasteiger partial charge on any atom is 0.170 e. The molecule has 2 aromatic carbocycles. The summed E-state index contributed by atoms with van der Waals surface area (Å²) in [4.78, 5) is 6.80. The Bertz CT molecular complexity index is 1240. The first-order valence-corrected chi connectivity index (χ1v) is 11.8. The Morgan fingerprint density at radius 3 is 2.53 bits per heavy atom. The van der Waals surface area contributed by atoms with Crippen molar-refractivity contribution in [1.82, 2.24) is 19.8 Å². The molecule has 0 amide bonds. The number of nitrogens with zero attached hydrogens (tertiary/aromatic N) is 3. The minimum atomic E-state index is -0.263. The van der Waals surface area contributed by atoms with Gasteiger partial charge in [0.05, 0.1) is 23.5 Å². The highest BCUT2D eigenvalue weighted by Gasteiger charge is 2.41. The first-order valence-electron chi connectivity index (χ1n) is 11.4. The molecule has 2 N–H and O–H groups in total. The number of rotatable bonds is 8. The average Bonchev–Trinajstić information content (AvgIpc) is 3.47. The van der Waals surface area contributed by atoms with Crippen LogP contribution in [-0.2, 0) is 0 Å². The van der Waals surface area contributed by atoms with Crippen LogP contribution in [0.3, 0.4) is 0 Å². The standard InChI is InChI=1S/C27H26FN5S/c28-21-12-4-5-14-23(21)32-18-8-15-24(32)26-25(22-13-6-7-16-30-22)31-27(34)33(26)19-9-17-29-20-10-2-1-3-11-20/h1-8,10-16,18,25-26,29H,9,17,19H2,(H,31,34)/t25-,26+/m1/s1. The number of aromatic nitrogens is 2. The molecule has 2 atom stereocenters. The van der Waals surface area contributed by atoms with Crippen molar-refractivity contribution in [3.63, 3.8) is 0 Å². The van der Waals surface area contributed by atoms with E-state index in [1.54, 1.807) is 18.3 Å². The molecule has 7 heteroatoms. The molecular formula is C27H26FN5S. The summed E-state index contributed by atoms with van der Waals surface area (Å²) in [5, 5.41) is 7.62. The van der Waals surface area contributed by atoms with Gasteiger partial charge in [0.15, 0.2) is 5.11 Å². The van der Waals surface area contributed by atoms with Gasteiger partial charge in [-0.3, -0.25) is 4.98 Å². The highest BCUT2D eigenvalue weighted by molar-refractivity contribution is 7.80. The number of hydrogen-bond donors (Lipinski definition) is 2. The van der Waals surface area contributed by atoms with Crippen LogP contribution < -0.4 is 10.6 Å². The van der Waals surface area contributed by atoms with Crippen LogP contribution in [0, 0.1) is 5.82 Å². The van der Waals surface area contributed by atoms with Crippen molar-refractivity contribution in [3.05, 3.63) is 115 Å². The van der Waals surface area contributed by atoms with Crippen LogP contribution in [0.25, 0.3) is 5.69 Å². The lowest BCUT2D eigenvalue weighted by atomic mass is 10.0. The van der Waals surface area contributed by atoms with E-state index in [1.807, 2.05) is 65.4 Å². The van der Waals surface area contributed by atoms with Crippen molar-refractivity contribution in [1.29, 1.82) is 0 Å². The Morgan fingerprint density at radius 2 is 1.74 bits per heavy atom. The van der Waals surface area contributed by atoms with Crippen LogP contribution in [0.2, 0.25) is 0 Å². The van der Waals surface area contributed by atoms with Crippen LogP contribution in [0.5, 0.6) is 0 Å². The number of anilines is 1. The zero-order chi connectivity index (χ0) is 23.3. The van der Waals surface area contributed by atoms with Crippen molar-refractivity contribution in [2.45, 2.75) is 18.5 Å². The SMILES string of the molecule is Fc1ccccc1-n1cccc1[C@H]1[C@@H](c2ccccn2)NC(=S)N1CCCNc1ccccc1. The zero-order valence-corrected chi connectivity index (χ0v) is 19.5. The Morgan fingerprint density at radius 1 is 0.941 bits per heavy atom. The molecule has 1 saturated heterocycles. The lowest BCUT2D eigenvalue weighted by Gasteiger charge is -2.29. The summed E-state index contributed by atoms with van der Waals surface area (Å²) in [6.07, 6.45) is 4.59. The third kappa shape index (κ3) is 4.52. The zero-order valence-electron chi connectivity index (χ0n) is 18.6. The number of para-hydroxylation sites is 2. The molecule has 0 saturated carbocycles. The number of benzene rings is 2. The predicted molar refractivity (Wildman–Crippen MR) is 137 cm³/mol. The Labute approximate surface area is 204 Å². The fourth-order valence-electron chi connectivity index (χ4n) is 4.51. The molecule has 0 spiro atoms. The van der Waals surface area contributed by atoms with Crippen LogP contribution in [0.4, 0.5) is 10.1 Å². The average molecular weight is 472 g/mol. The van der Waals surface area contributed by atoms with Gasteiger partial charge in [0.25, 0.3) is 0 Å². The van der Waals surface area contributed by atoms with Crippen LogP contribution in [0.15, 0.2) is 97.3 Å². The van der Waals surface area contributed by atoms with E-state index in [4.69, 9.17) is 12.2 Å². The second-order valence-electron chi connectivity index (χ2n) is 8.22. The van der Waals surface area contributed by atoms with Gasteiger partial charge in [-0.15, -0.1) is 0 Å². The number of thiocarbonyl (C=S) groups is 1. The first-order chi connectivity index (χ1) is 16.7. The van der Waals surface area contributed by atoms with Crippen molar-refractivity contribution >= 4 is 23.0 Å². The molecule has 1 fully saturated rings. The number of halogens is 1. The molecule has 5 rings (SSSR count). The number of hydrogen-bond acceptors (Lipinski definition) is 3. The summed E-state index contributed by atoms with van der Waals surface area (Å²) in [5.74, 6) is -0.263. The summed E-state index contributed by atoms with van der Waals surface area (Å²) >= 11 is 5.78. The monoisotopic (exact) mass is 471 g/mol. The largest absolute Gasteiger partial charge is 0.385 e. The molecule has 0 radical (unpaired) electrons. The van der Waals surface area contributed by atoms with E-state index in [-0.39, 0.29) is 17.9 Å². The van der Waals surface area contributed by atoms with Gasteiger partial charge in [-0.2, -0.15) is 0 Å². The Hall–Kier alpha value is -3.71. The summed E-state index contributed by atoms with van der Waals surface area (Å²) in [6, 6.07) is 26.6. The van der Waals surface area contributed by atoms with E-state index in [0.29, 0.717) is 10.8 Å². The van der Waals surface area contributed by atoms with Crippen LogP contribution in [-0.4, -0.2) is 32.7 Å². The van der Waals surface area contributed by atoms with Gasteiger partial charge >= 0.3 is 0 Å². The summed E-state index contributed by atoms with van der Waals surface area (Å²) < 4.78 is 16.6. The van der Waals surface area contributed by atoms with Crippen molar-refractivity contribution in [3.8, 4) is 5.69 Å². The minimum Gasteiger partial charge on any atom is -0.385 e. The van der Waals surface area contributed by atoms with E-state index in [0.717, 1.165) is 36.6 Å². The molecule has 34 heavy (non-hydrogen) atoms. The van der Waals surface area contributed by atoms with Gasteiger partial charge in [-0.1, -0.05) is 36.4 Å². The quantitative estimate of drug-likeness (QED) is 0.263. The third-order valence-electron chi connectivity index (χ3n) is 6.07. The fourth-order valence-corrected chi connectivity index (χ4v) is 4.84. The van der Waals surface area contributed by atoms with Gasteiger partial charge in [-0.25, -0.2) is 4.39 Å². The second-order valence-corrected chi connectivity index (χ2v) is 8.61. The summed E-state index contributed by atoms with van der Waals surface area (Å²) in [7, 11) is 0. The normalized spacial score (nSPS) is 17.6. The van der Waals surface area contributed by atoms with Crippen molar-refractivity contribution in [2.75, 3.05) is 18.4 Å². The molecule has 172 valence electrons. The third-order valence-corrected chi connectivity index (χ3v) is 6.42. The van der Waals surface area contributed by atoms with E-state index in [9.17, 15) is 4.39 Å². The smallest absolute Gasteiger partial charge is 0.170 e. The molecule has 0 unspecified atom stereocenters. The highest BCUT2D eigenvalue weighted by Crippen LogP contribution is 2.39. The van der Waals surface area contributed by atoms with Gasteiger partial charge in [0, 0.05) is 36.9 Å². The van der Waals surface area contributed by atoms with Crippen LogP contribution >= 0.6 is 12.2 Å². The maximum absolute atomic E-state index is 14.7. The molecule has 0 aliphatic carbocycles. The number of pyridine rings is 1. The van der Waals surface area contributed by atoms with E-state index in [1.165, 1.54) is 6.07 Å². The molecule has 5 nitrogen and oxygen atoms in total. The van der Waals surface area contributed by atoms with Gasteiger partial charge < -0.3 is 20.1 Å². The topological polar surface area (TPSA) is 45.1 Å². The lowest BCUT2D eigenvalue weighted by molar-refractivity contribution is 0.307. The maximum atomic E-state index is 14.7. The molecule has 2 aromatic heterocycles. The molecule has 3 heterocycles. The Kier molecular flexibility index (Phi) is 6.53. The molecular weight excluding hydrogens is 445 g/mol. The van der Waals surface area contributed by atoms with Crippen molar-refractivity contribution in [2.24, 2.45) is 0 Å². The van der Waals surface area contributed by atoms with E-state index < -0.39 is 0 Å². The molecule has 1 aliphatic heterocycles. The highest BCUT2D eigenvalue weighted by atomic mass is 32.1. The van der Waals surface area contributed by atoms with Gasteiger partial charge in [0.2, 0.25) is 0 Å². The van der Waals surface area contributed by atoms with Gasteiger partial charge in [0.1, 0.15) is 5.82 Å². The summed E-state index contributed by atoms with van der Waals surface area (Å²) in [5.41, 5.74) is 3.48. The van der Waals surface area contributed by atoms with Crippen LogP contribution in [0.1, 0.15) is 29.9 Å².